The van der Waals surface area contributed by atoms with Crippen molar-refractivity contribution >= 4 is 15.9 Å². The lowest BCUT2D eigenvalue weighted by Crippen LogP contribution is -2.20. The van der Waals surface area contributed by atoms with Gasteiger partial charge in [0.05, 0.1) is 6.61 Å². The van der Waals surface area contributed by atoms with Gasteiger partial charge in [0.15, 0.2) is 0 Å². The molecule has 1 aliphatic rings. The van der Waals surface area contributed by atoms with Crippen molar-refractivity contribution in [3.05, 3.63) is 34.3 Å². The Morgan fingerprint density at radius 3 is 2.80 bits per heavy atom. The van der Waals surface area contributed by atoms with E-state index in [-0.39, 0.29) is 0 Å². The molecule has 2 atom stereocenters. The Balaban J connectivity index is 2.11. The molecule has 0 aliphatic carbocycles. The Labute approximate surface area is 99.1 Å². The topological polar surface area (TPSA) is 21.3 Å². The molecule has 0 bridgehead atoms. The first-order valence-electron chi connectivity index (χ1n) is 5.29. The SMILES string of the molecule is COCC1CCNC1c1ccc(Br)cc1. The Hall–Kier alpha value is -0.380. The molecule has 0 aromatic heterocycles. The van der Waals surface area contributed by atoms with Gasteiger partial charge in [-0.25, -0.2) is 0 Å². The van der Waals surface area contributed by atoms with Crippen LogP contribution in [0.25, 0.3) is 0 Å². The van der Waals surface area contributed by atoms with Crippen LogP contribution in [0.4, 0.5) is 0 Å². The van der Waals surface area contributed by atoms with Crippen LogP contribution < -0.4 is 5.32 Å². The molecule has 1 aromatic carbocycles. The van der Waals surface area contributed by atoms with Crippen molar-refractivity contribution in [1.29, 1.82) is 0 Å². The minimum atomic E-state index is 0.457. The van der Waals surface area contributed by atoms with Crippen molar-refractivity contribution in [3.63, 3.8) is 0 Å². The van der Waals surface area contributed by atoms with Crippen LogP contribution in [0.1, 0.15) is 18.0 Å². The highest BCUT2D eigenvalue weighted by atomic mass is 79.9. The van der Waals surface area contributed by atoms with E-state index >= 15 is 0 Å². The van der Waals surface area contributed by atoms with Crippen LogP contribution in [0, 0.1) is 5.92 Å². The first-order valence-corrected chi connectivity index (χ1v) is 6.08. The Kier molecular flexibility index (Phi) is 3.78. The summed E-state index contributed by atoms with van der Waals surface area (Å²) in [7, 11) is 1.77. The average Bonchev–Trinajstić information content (AvgIpc) is 2.68. The van der Waals surface area contributed by atoms with E-state index in [0.717, 1.165) is 17.6 Å². The third kappa shape index (κ3) is 2.60. The number of nitrogens with one attached hydrogen (secondary N) is 1. The predicted molar refractivity (Wildman–Crippen MR) is 64.9 cm³/mol. The molecule has 15 heavy (non-hydrogen) atoms. The number of hydrogen-bond donors (Lipinski definition) is 1. The minimum Gasteiger partial charge on any atom is -0.384 e. The molecule has 1 aromatic rings. The van der Waals surface area contributed by atoms with Gasteiger partial charge in [0.25, 0.3) is 0 Å². The average molecular weight is 270 g/mol. The van der Waals surface area contributed by atoms with Gasteiger partial charge < -0.3 is 10.1 Å². The van der Waals surface area contributed by atoms with E-state index in [0.29, 0.717) is 12.0 Å². The number of hydrogen-bond acceptors (Lipinski definition) is 2. The second kappa shape index (κ2) is 5.10. The van der Waals surface area contributed by atoms with E-state index in [2.05, 4.69) is 45.5 Å². The van der Waals surface area contributed by atoms with Gasteiger partial charge in [-0.15, -0.1) is 0 Å². The Bertz CT molecular complexity index is 312. The quantitative estimate of drug-likeness (QED) is 0.911. The zero-order valence-corrected chi connectivity index (χ0v) is 10.5. The van der Waals surface area contributed by atoms with Crippen molar-refractivity contribution in [2.75, 3.05) is 20.3 Å². The summed E-state index contributed by atoms with van der Waals surface area (Å²) in [5.74, 6) is 0.608. The number of ether oxygens (including phenoxy) is 1. The second-order valence-corrected chi connectivity index (χ2v) is 4.90. The largest absolute Gasteiger partial charge is 0.384 e. The molecule has 1 saturated heterocycles. The van der Waals surface area contributed by atoms with Crippen molar-refractivity contribution < 1.29 is 4.74 Å². The molecule has 2 nitrogen and oxygen atoms in total. The standard InChI is InChI=1S/C12H16BrNO/c1-15-8-10-6-7-14-12(10)9-2-4-11(13)5-3-9/h2-5,10,12,14H,6-8H2,1H3. The highest BCUT2D eigenvalue weighted by Gasteiger charge is 2.27. The number of benzene rings is 1. The maximum absolute atomic E-state index is 5.25. The Morgan fingerprint density at radius 1 is 1.40 bits per heavy atom. The highest BCUT2D eigenvalue weighted by molar-refractivity contribution is 9.10. The van der Waals surface area contributed by atoms with Gasteiger partial charge in [0, 0.05) is 23.5 Å². The molecule has 82 valence electrons. The van der Waals surface area contributed by atoms with Crippen LogP contribution >= 0.6 is 15.9 Å². The lowest BCUT2D eigenvalue weighted by atomic mass is 9.95. The molecule has 3 heteroatoms. The lowest BCUT2D eigenvalue weighted by Gasteiger charge is -2.19. The molecule has 1 heterocycles. The Morgan fingerprint density at radius 2 is 2.13 bits per heavy atom. The van der Waals surface area contributed by atoms with Crippen molar-refractivity contribution in [2.45, 2.75) is 12.5 Å². The second-order valence-electron chi connectivity index (χ2n) is 3.99. The third-order valence-corrected chi connectivity index (χ3v) is 3.49. The fourth-order valence-electron chi connectivity index (χ4n) is 2.21. The molecule has 0 saturated carbocycles. The molecule has 2 unspecified atom stereocenters. The molecule has 0 amide bonds. The minimum absolute atomic E-state index is 0.457. The van der Waals surface area contributed by atoms with E-state index in [4.69, 9.17) is 4.74 Å². The van der Waals surface area contributed by atoms with E-state index in [1.165, 1.54) is 12.0 Å². The van der Waals surface area contributed by atoms with Crippen LogP contribution in [0.5, 0.6) is 0 Å². The first kappa shape index (κ1) is 11.1. The number of rotatable bonds is 3. The lowest BCUT2D eigenvalue weighted by molar-refractivity contribution is 0.145. The van der Waals surface area contributed by atoms with Gasteiger partial charge >= 0.3 is 0 Å². The summed E-state index contributed by atoms with van der Waals surface area (Å²) in [5, 5.41) is 3.53. The summed E-state index contributed by atoms with van der Waals surface area (Å²) >= 11 is 3.45. The van der Waals surface area contributed by atoms with Crippen LogP contribution in [-0.4, -0.2) is 20.3 Å². The van der Waals surface area contributed by atoms with Crippen LogP contribution in [0.3, 0.4) is 0 Å². The molecular formula is C12H16BrNO. The molecule has 2 rings (SSSR count). The van der Waals surface area contributed by atoms with Gasteiger partial charge in [-0.1, -0.05) is 28.1 Å². The van der Waals surface area contributed by atoms with E-state index < -0.39 is 0 Å². The van der Waals surface area contributed by atoms with E-state index in [1.54, 1.807) is 7.11 Å². The van der Waals surface area contributed by atoms with Gasteiger partial charge in [0.2, 0.25) is 0 Å². The van der Waals surface area contributed by atoms with Crippen LogP contribution in [0.2, 0.25) is 0 Å². The molecule has 1 aliphatic heterocycles. The molecule has 1 fully saturated rings. The van der Waals surface area contributed by atoms with Gasteiger partial charge in [-0.05, 0) is 30.7 Å². The number of methoxy groups -OCH3 is 1. The maximum Gasteiger partial charge on any atom is 0.0509 e. The third-order valence-electron chi connectivity index (χ3n) is 2.96. The first-order chi connectivity index (χ1) is 7.31. The molecule has 1 N–H and O–H groups in total. The monoisotopic (exact) mass is 269 g/mol. The fraction of sp³-hybridized carbons (Fsp3) is 0.500. The van der Waals surface area contributed by atoms with Crippen molar-refractivity contribution in [1.82, 2.24) is 5.32 Å². The van der Waals surface area contributed by atoms with Gasteiger partial charge in [-0.2, -0.15) is 0 Å². The zero-order chi connectivity index (χ0) is 10.7. The normalized spacial score (nSPS) is 25.7. The fourth-order valence-corrected chi connectivity index (χ4v) is 2.48. The van der Waals surface area contributed by atoms with Crippen molar-refractivity contribution in [2.24, 2.45) is 5.92 Å². The predicted octanol–water partition coefficient (Wildman–Crippen LogP) is 2.75. The summed E-state index contributed by atoms with van der Waals surface area (Å²) in [6.45, 7) is 1.93. The summed E-state index contributed by atoms with van der Waals surface area (Å²) in [6, 6.07) is 9.00. The molecule has 0 spiro atoms. The summed E-state index contributed by atoms with van der Waals surface area (Å²) < 4.78 is 6.38. The van der Waals surface area contributed by atoms with Gasteiger partial charge in [-0.3, -0.25) is 0 Å². The summed E-state index contributed by atoms with van der Waals surface area (Å²) in [6.07, 6.45) is 1.20. The summed E-state index contributed by atoms with van der Waals surface area (Å²) in [4.78, 5) is 0. The summed E-state index contributed by atoms with van der Waals surface area (Å²) in [5.41, 5.74) is 1.36. The van der Waals surface area contributed by atoms with Crippen molar-refractivity contribution in [3.8, 4) is 0 Å². The van der Waals surface area contributed by atoms with Gasteiger partial charge in [0.1, 0.15) is 0 Å². The van der Waals surface area contributed by atoms with Crippen LogP contribution in [0.15, 0.2) is 28.7 Å². The smallest absolute Gasteiger partial charge is 0.0509 e. The molecule has 0 radical (unpaired) electrons. The van der Waals surface area contributed by atoms with E-state index in [9.17, 15) is 0 Å². The maximum atomic E-state index is 5.25. The van der Waals surface area contributed by atoms with Crippen LogP contribution in [-0.2, 0) is 4.74 Å². The zero-order valence-electron chi connectivity index (χ0n) is 8.87. The van der Waals surface area contributed by atoms with E-state index in [1.807, 2.05) is 0 Å². The molecular weight excluding hydrogens is 254 g/mol. The highest BCUT2D eigenvalue weighted by Crippen LogP contribution is 2.30. The number of halogens is 1.